The highest BCUT2D eigenvalue weighted by molar-refractivity contribution is 6.39. The molecule has 1 atom stereocenters. The summed E-state index contributed by atoms with van der Waals surface area (Å²) < 4.78 is 0. The van der Waals surface area contributed by atoms with Gasteiger partial charge in [0, 0.05) is 5.92 Å². The van der Waals surface area contributed by atoms with Gasteiger partial charge in [0.15, 0.2) is 0 Å². The number of hydrogen-bond acceptors (Lipinski definition) is 2. The fraction of sp³-hybridized carbons (Fsp3) is 0.200. The van der Waals surface area contributed by atoms with E-state index in [4.69, 9.17) is 46.3 Å². The first-order valence-electron chi connectivity index (χ1n) is 6.23. The maximum absolute atomic E-state index is 6.11. The number of benzene rings is 2. The third kappa shape index (κ3) is 2.98. The molecule has 2 rings (SSSR count). The number of nitrogen functional groups attached to an aromatic ring is 2. The van der Waals surface area contributed by atoms with Crippen molar-refractivity contribution in [2.75, 3.05) is 11.5 Å². The zero-order valence-electron chi connectivity index (χ0n) is 11.0. The van der Waals surface area contributed by atoms with Crippen LogP contribution in [0.4, 0.5) is 11.4 Å². The Balaban J connectivity index is 2.49. The Kier molecular flexibility index (Phi) is 4.69. The van der Waals surface area contributed by atoms with Gasteiger partial charge in [0.2, 0.25) is 0 Å². The van der Waals surface area contributed by atoms with Crippen LogP contribution in [0.25, 0.3) is 0 Å². The van der Waals surface area contributed by atoms with E-state index in [2.05, 4.69) is 6.92 Å². The number of nitrogens with two attached hydrogens (primary N) is 2. The lowest BCUT2D eigenvalue weighted by Crippen LogP contribution is -2.02. The fourth-order valence-corrected chi connectivity index (χ4v) is 2.92. The second-order valence-electron chi connectivity index (χ2n) is 4.64. The van der Waals surface area contributed by atoms with E-state index in [0.717, 1.165) is 17.5 Å². The summed E-state index contributed by atoms with van der Waals surface area (Å²) in [5, 5.41) is 1.48. The molecule has 0 aliphatic carbocycles. The molecule has 0 fully saturated rings. The Bertz CT molecular complexity index is 618. The molecule has 20 heavy (non-hydrogen) atoms. The van der Waals surface area contributed by atoms with Gasteiger partial charge in [-0.2, -0.15) is 0 Å². The van der Waals surface area contributed by atoms with Crippen molar-refractivity contribution in [1.82, 2.24) is 0 Å². The third-order valence-electron chi connectivity index (χ3n) is 3.34. The van der Waals surface area contributed by atoms with Gasteiger partial charge in [-0.3, -0.25) is 0 Å². The maximum atomic E-state index is 6.11. The van der Waals surface area contributed by atoms with Crippen molar-refractivity contribution >= 4 is 46.2 Å². The van der Waals surface area contributed by atoms with E-state index in [0.29, 0.717) is 26.4 Å². The van der Waals surface area contributed by atoms with Crippen LogP contribution in [0.5, 0.6) is 0 Å². The van der Waals surface area contributed by atoms with Crippen LogP contribution in [0.3, 0.4) is 0 Å². The number of halogens is 3. The molecule has 2 nitrogen and oxygen atoms in total. The van der Waals surface area contributed by atoms with Gasteiger partial charge in [0.1, 0.15) is 0 Å². The average Bonchev–Trinajstić information content (AvgIpc) is 2.41. The highest BCUT2D eigenvalue weighted by atomic mass is 35.5. The minimum Gasteiger partial charge on any atom is -0.398 e. The molecule has 2 aromatic rings. The predicted octanol–water partition coefficient (Wildman–Crippen LogP) is 5.35. The third-order valence-corrected chi connectivity index (χ3v) is 4.29. The Labute approximate surface area is 133 Å². The lowest BCUT2D eigenvalue weighted by molar-refractivity contribution is 0.778. The molecule has 0 heterocycles. The van der Waals surface area contributed by atoms with Crippen LogP contribution in [0.2, 0.25) is 15.1 Å². The molecule has 1 unspecified atom stereocenters. The summed E-state index contributed by atoms with van der Waals surface area (Å²) in [6.45, 7) is 2.09. The zero-order valence-corrected chi connectivity index (χ0v) is 13.2. The minimum atomic E-state index is 0.142. The van der Waals surface area contributed by atoms with Gasteiger partial charge >= 0.3 is 0 Å². The van der Waals surface area contributed by atoms with Gasteiger partial charge in [-0.15, -0.1) is 0 Å². The highest BCUT2D eigenvalue weighted by Gasteiger charge is 2.16. The summed E-state index contributed by atoms with van der Waals surface area (Å²) in [6.07, 6.45) is 0.886. The number of rotatable bonds is 3. The quantitative estimate of drug-likeness (QED) is 0.745. The summed E-state index contributed by atoms with van der Waals surface area (Å²) in [5.74, 6) is 0.142. The smallest absolute Gasteiger partial charge is 0.0693 e. The molecular weight excluding hydrogens is 315 g/mol. The van der Waals surface area contributed by atoms with Crippen LogP contribution in [-0.4, -0.2) is 0 Å². The van der Waals surface area contributed by atoms with Crippen molar-refractivity contribution in [3.63, 3.8) is 0 Å². The lowest BCUT2D eigenvalue weighted by Gasteiger charge is -2.18. The van der Waals surface area contributed by atoms with Gasteiger partial charge in [-0.25, -0.2) is 0 Å². The molecule has 0 radical (unpaired) electrons. The number of anilines is 2. The zero-order chi connectivity index (χ0) is 14.9. The van der Waals surface area contributed by atoms with Crippen molar-refractivity contribution < 1.29 is 0 Å². The molecule has 0 saturated carbocycles. The average molecular weight is 330 g/mol. The van der Waals surface area contributed by atoms with Crippen molar-refractivity contribution in [3.05, 3.63) is 56.5 Å². The lowest BCUT2D eigenvalue weighted by atomic mass is 9.89. The largest absolute Gasteiger partial charge is 0.398 e. The van der Waals surface area contributed by atoms with Gasteiger partial charge in [-0.05, 0) is 41.8 Å². The molecule has 0 spiro atoms. The molecule has 0 aliphatic heterocycles. The first kappa shape index (κ1) is 15.3. The Morgan fingerprint density at radius 2 is 1.45 bits per heavy atom. The molecule has 0 bridgehead atoms. The van der Waals surface area contributed by atoms with Gasteiger partial charge in [0.05, 0.1) is 26.4 Å². The maximum Gasteiger partial charge on any atom is 0.0693 e. The van der Waals surface area contributed by atoms with E-state index >= 15 is 0 Å². The van der Waals surface area contributed by atoms with Gasteiger partial charge < -0.3 is 11.5 Å². The predicted molar refractivity (Wildman–Crippen MR) is 88.9 cm³/mol. The normalized spacial score (nSPS) is 12.4. The van der Waals surface area contributed by atoms with Crippen LogP contribution >= 0.6 is 34.8 Å². The number of hydrogen-bond donors (Lipinski definition) is 2. The standard InChI is InChI=1S/C15H15Cl3N2/c1-2-10(8-3-4-14(19)11(16)5-8)9-6-12(17)15(20)13(18)7-9/h3-7,10H,2,19-20H2,1H3. The minimum absolute atomic E-state index is 0.142. The van der Waals surface area contributed by atoms with Gasteiger partial charge in [-0.1, -0.05) is 47.8 Å². The van der Waals surface area contributed by atoms with Crippen molar-refractivity contribution in [2.24, 2.45) is 0 Å². The van der Waals surface area contributed by atoms with Crippen LogP contribution in [0, 0.1) is 0 Å². The molecule has 0 aromatic heterocycles. The van der Waals surface area contributed by atoms with Crippen molar-refractivity contribution in [1.29, 1.82) is 0 Å². The molecule has 0 amide bonds. The topological polar surface area (TPSA) is 52.0 Å². The summed E-state index contributed by atoms with van der Waals surface area (Å²) in [6, 6.07) is 9.35. The van der Waals surface area contributed by atoms with E-state index in [-0.39, 0.29) is 5.92 Å². The van der Waals surface area contributed by atoms with Crippen molar-refractivity contribution in [2.45, 2.75) is 19.3 Å². The molecule has 0 saturated heterocycles. The molecular formula is C15H15Cl3N2. The molecule has 0 aliphatic rings. The Morgan fingerprint density at radius 1 is 0.900 bits per heavy atom. The van der Waals surface area contributed by atoms with E-state index in [1.54, 1.807) is 6.07 Å². The van der Waals surface area contributed by atoms with E-state index in [1.807, 2.05) is 24.3 Å². The van der Waals surface area contributed by atoms with Crippen molar-refractivity contribution in [3.8, 4) is 0 Å². The SMILES string of the molecule is CCC(c1ccc(N)c(Cl)c1)c1cc(Cl)c(N)c(Cl)c1. The first-order valence-corrected chi connectivity index (χ1v) is 7.36. The van der Waals surface area contributed by atoms with E-state index in [9.17, 15) is 0 Å². The van der Waals surface area contributed by atoms with E-state index in [1.165, 1.54) is 0 Å². The van der Waals surface area contributed by atoms with Crippen LogP contribution in [0.1, 0.15) is 30.4 Å². The fourth-order valence-electron chi connectivity index (χ4n) is 2.23. The second kappa shape index (κ2) is 6.13. The van der Waals surface area contributed by atoms with E-state index < -0.39 is 0 Å². The summed E-state index contributed by atoms with van der Waals surface area (Å²) in [5.41, 5.74) is 14.6. The molecule has 4 N–H and O–H groups in total. The molecule has 106 valence electrons. The molecule has 5 heteroatoms. The van der Waals surface area contributed by atoms with Crippen LogP contribution < -0.4 is 11.5 Å². The second-order valence-corrected chi connectivity index (χ2v) is 5.86. The summed E-state index contributed by atoms with van der Waals surface area (Å²) >= 11 is 18.3. The highest BCUT2D eigenvalue weighted by Crippen LogP contribution is 2.37. The van der Waals surface area contributed by atoms with Gasteiger partial charge in [0.25, 0.3) is 0 Å². The Hall–Kier alpha value is -1.09. The summed E-state index contributed by atoms with van der Waals surface area (Å²) in [4.78, 5) is 0. The first-order chi connectivity index (χ1) is 9.43. The van der Waals surface area contributed by atoms with Crippen LogP contribution in [0.15, 0.2) is 30.3 Å². The molecule has 2 aromatic carbocycles. The summed E-state index contributed by atoms with van der Waals surface area (Å²) in [7, 11) is 0. The monoisotopic (exact) mass is 328 g/mol. The van der Waals surface area contributed by atoms with Crippen LogP contribution in [-0.2, 0) is 0 Å². The Morgan fingerprint density at radius 3 is 1.95 bits per heavy atom.